The Balaban J connectivity index is 1.40. The molecule has 0 aliphatic carbocycles. The van der Waals surface area contributed by atoms with Crippen LogP contribution in [-0.2, 0) is 11.3 Å². The summed E-state index contributed by atoms with van der Waals surface area (Å²) in [4.78, 5) is 24.2. The second-order valence-corrected chi connectivity index (χ2v) is 7.06. The maximum atomic E-state index is 12.8. The van der Waals surface area contributed by atoms with Crippen molar-refractivity contribution in [2.45, 2.75) is 12.6 Å². The number of amides is 1. The lowest BCUT2D eigenvalue weighted by molar-refractivity contribution is 0.0896. The van der Waals surface area contributed by atoms with Crippen molar-refractivity contribution in [3.63, 3.8) is 0 Å². The molecule has 0 radical (unpaired) electrons. The number of nitrogens with one attached hydrogen (secondary N) is 3. The lowest BCUT2D eigenvalue weighted by atomic mass is 10.1. The molecule has 1 atom stereocenters. The quantitative estimate of drug-likeness (QED) is 0.374. The molecule has 1 aromatic carbocycles. The third kappa shape index (κ3) is 5.32. The lowest BCUT2D eigenvalue weighted by Gasteiger charge is -2.18. The standard InChI is InChI=1S/C23H23N7O2/c1-32-15-20(18-5-3-9-25-13-18)27-23(31)17-4-2-6-19(12-17)26-14-21-28-22(30-29-21)16-7-10-24-11-8-16/h2-13,20,26H,14-15H2,1H3,(H,27,31)(H,28,29,30)/t20-/m0/s1. The van der Waals surface area contributed by atoms with Gasteiger partial charge in [-0.15, -0.1) is 10.2 Å². The molecular formula is C23H23N7O2. The molecule has 4 rings (SSSR count). The van der Waals surface area contributed by atoms with Gasteiger partial charge in [0.2, 0.25) is 0 Å². The Bertz CT molecular complexity index is 1150. The number of nitrogens with zero attached hydrogens (tertiary/aromatic N) is 4. The van der Waals surface area contributed by atoms with E-state index in [4.69, 9.17) is 4.74 Å². The Morgan fingerprint density at radius 1 is 1.06 bits per heavy atom. The number of aromatic nitrogens is 5. The SMILES string of the molecule is COC[C@H](NC(=O)c1cccc(NCc2nnc(-c3ccncc3)[nH]2)c1)c1cccnc1. The van der Waals surface area contributed by atoms with Crippen LogP contribution in [-0.4, -0.2) is 44.8 Å². The summed E-state index contributed by atoms with van der Waals surface area (Å²) in [6.45, 7) is 0.784. The van der Waals surface area contributed by atoms with Gasteiger partial charge in [-0.05, 0) is 42.0 Å². The highest BCUT2D eigenvalue weighted by molar-refractivity contribution is 5.95. The average Bonchev–Trinajstić information content (AvgIpc) is 3.33. The molecular weight excluding hydrogens is 406 g/mol. The molecule has 9 nitrogen and oxygen atoms in total. The maximum Gasteiger partial charge on any atom is 0.251 e. The number of hydrogen-bond acceptors (Lipinski definition) is 7. The van der Waals surface area contributed by atoms with Gasteiger partial charge in [0, 0.05) is 48.7 Å². The van der Waals surface area contributed by atoms with E-state index in [-0.39, 0.29) is 11.9 Å². The Morgan fingerprint density at radius 3 is 2.72 bits per heavy atom. The van der Waals surface area contributed by atoms with E-state index in [9.17, 15) is 4.79 Å². The van der Waals surface area contributed by atoms with Gasteiger partial charge in [-0.25, -0.2) is 0 Å². The summed E-state index contributed by atoms with van der Waals surface area (Å²) in [6, 6.07) is 14.5. The van der Waals surface area contributed by atoms with Crippen molar-refractivity contribution < 1.29 is 9.53 Å². The highest BCUT2D eigenvalue weighted by Gasteiger charge is 2.16. The van der Waals surface area contributed by atoms with Crippen LogP contribution in [0, 0.1) is 0 Å². The van der Waals surface area contributed by atoms with Gasteiger partial charge in [-0.2, -0.15) is 0 Å². The van der Waals surface area contributed by atoms with Gasteiger partial charge in [0.05, 0.1) is 19.2 Å². The molecule has 162 valence electrons. The maximum absolute atomic E-state index is 12.8. The van der Waals surface area contributed by atoms with Crippen molar-refractivity contribution in [2.24, 2.45) is 0 Å². The van der Waals surface area contributed by atoms with Gasteiger partial charge in [-0.3, -0.25) is 14.8 Å². The predicted octanol–water partition coefficient (Wildman–Crippen LogP) is 2.99. The Labute approximate surface area is 185 Å². The molecule has 3 N–H and O–H groups in total. The van der Waals surface area contributed by atoms with Crippen LogP contribution in [0.15, 0.2) is 73.3 Å². The van der Waals surface area contributed by atoms with Crippen LogP contribution in [0.4, 0.5) is 5.69 Å². The van der Waals surface area contributed by atoms with Crippen LogP contribution in [0.2, 0.25) is 0 Å². The van der Waals surface area contributed by atoms with Crippen molar-refractivity contribution in [3.8, 4) is 11.4 Å². The zero-order valence-corrected chi connectivity index (χ0v) is 17.5. The first-order chi connectivity index (χ1) is 15.7. The molecule has 9 heteroatoms. The number of anilines is 1. The third-order valence-corrected chi connectivity index (χ3v) is 4.80. The van der Waals surface area contributed by atoms with Gasteiger partial charge in [0.25, 0.3) is 5.91 Å². The summed E-state index contributed by atoms with van der Waals surface area (Å²) in [5.41, 5.74) is 3.13. The van der Waals surface area contributed by atoms with Crippen molar-refractivity contribution in [1.29, 1.82) is 0 Å². The molecule has 3 heterocycles. The molecule has 0 aliphatic heterocycles. The number of benzene rings is 1. The number of carbonyl (C=O) groups is 1. The molecule has 1 amide bonds. The summed E-state index contributed by atoms with van der Waals surface area (Å²) in [5.74, 6) is 1.17. The Kier molecular flexibility index (Phi) is 6.78. The molecule has 0 saturated carbocycles. The fourth-order valence-electron chi connectivity index (χ4n) is 3.18. The number of pyridine rings is 2. The minimum absolute atomic E-state index is 0.195. The number of hydrogen-bond donors (Lipinski definition) is 3. The van der Waals surface area contributed by atoms with Gasteiger partial charge >= 0.3 is 0 Å². The second kappa shape index (κ2) is 10.3. The van der Waals surface area contributed by atoms with Crippen molar-refractivity contribution >= 4 is 11.6 Å². The number of aromatic amines is 1. The van der Waals surface area contributed by atoms with Crippen LogP contribution < -0.4 is 10.6 Å². The van der Waals surface area contributed by atoms with E-state index in [1.807, 2.05) is 36.4 Å². The fourth-order valence-corrected chi connectivity index (χ4v) is 3.18. The molecule has 0 saturated heterocycles. The number of ether oxygens (including phenoxy) is 1. The minimum Gasteiger partial charge on any atom is -0.382 e. The average molecular weight is 429 g/mol. The molecule has 0 spiro atoms. The van der Waals surface area contributed by atoms with E-state index >= 15 is 0 Å². The Morgan fingerprint density at radius 2 is 1.94 bits per heavy atom. The van der Waals surface area contributed by atoms with E-state index in [1.165, 1.54) is 0 Å². The third-order valence-electron chi connectivity index (χ3n) is 4.80. The smallest absolute Gasteiger partial charge is 0.251 e. The first-order valence-corrected chi connectivity index (χ1v) is 10.1. The summed E-state index contributed by atoms with van der Waals surface area (Å²) < 4.78 is 5.27. The molecule has 0 fully saturated rings. The molecule has 3 aromatic heterocycles. The van der Waals surface area contributed by atoms with Crippen molar-refractivity contribution in [3.05, 3.63) is 90.3 Å². The molecule has 32 heavy (non-hydrogen) atoms. The topological polar surface area (TPSA) is 118 Å². The molecule has 0 bridgehead atoms. The predicted molar refractivity (Wildman–Crippen MR) is 120 cm³/mol. The lowest BCUT2D eigenvalue weighted by Crippen LogP contribution is -2.31. The van der Waals surface area contributed by atoms with Crippen LogP contribution in [0.1, 0.15) is 27.8 Å². The summed E-state index contributed by atoms with van der Waals surface area (Å²) in [7, 11) is 1.60. The first kappa shape index (κ1) is 21.1. The largest absolute Gasteiger partial charge is 0.382 e. The van der Waals surface area contributed by atoms with Gasteiger partial charge < -0.3 is 20.4 Å². The van der Waals surface area contributed by atoms with Crippen molar-refractivity contribution in [1.82, 2.24) is 30.5 Å². The first-order valence-electron chi connectivity index (χ1n) is 10.1. The number of carbonyl (C=O) groups excluding carboxylic acids is 1. The van der Waals surface area contributed by atoms with Crippen LogP contribution >= 0.6 is 0 Å². The highest BCUT2D eigenvalue weighted by atomic mass is 16.5. The second-order valence-electron chi connectivity index (χ2n) is 7.06. The molecule has 0 unspecified atom stereocenters. The van der Waals surface area contributed by atoms with E-state index in [0.29, 0.717) is 30.4 Å². The summed E-state index contributed by atoms with van der Waals surface area (Å²) in [6.07, 6.45) is 6.83. The van der Waals surface area contributed by atoms with Gasteiger partial charge in [0.1, 0.15) is 5.82 Å². The summed E-state index contributed by atoms with van der Waals surface area (Å²) in [5, 5.41) is 14.6. The van der Waals surface area contributed by atoms with Crippen LogP contribution in [0.5, 0.6) is 0 Å². The van der Waals surface area contributed by atoms with E-state index < -0.39 is 0 Å². The van der Waals surface area contributed by atoms with Gasteiger partial charge in [-0.1, -0.05) is 12.1 Å². The molecule has 0 aliphatic rings. The monoisotopic (exact) mass is 429 g/mol. The van der Waals surface area contributed by atoms with Crippen LogP contribution in [0.3, 0.4) is 0 Å². The zero-order chi connectivity index (χ0) is 22.2. The zero-order valence-electron chi connectivity index (χ0n) is 17.5. The Hall–Kier alpha value is -4.11. The van der Waals surface area contributed by atoms with E-state index in [2.05, 4.69) is 35.8 Å². The normalized spacial score (nSPS) is 11.7. The number of H-pyrrole nitrogens is 1. The number of rotatable bonds is 9. The molecule has 4 aromatic rings. The van der Waals surface area contributed by atoms with Crippen LogP contribution in [0.25, 0.3) is 11.4 Å². The minimum atomic E-state index is -0.293. The fraction of sp³-hybridized carbons (Fsp3) is 0.174. The highest BCUT2D eigenvalue weighted by Crippen LogP contribution is 2.17. The van der Waals surface area contributed by atoms with E-state index in [0.717, 1.165) is 16.8 Å². The summed E-state index contributed by atoms with van der Waals surface area (Å²) >= 11 is 0. The number of methoxy groups -OCH3 is 1. The van der Waals surface area contributed by atoms with E-state index in [1.54, 1.807) is 44.0 Å². The van der Waals surface area contributed by atoms with Crippen molar-refractivity contribution in [2.75, 3.05) is 19.0 Å². The van der Waals surface area contributed by atoms with Gasteiger partial charge in [0.15, 0.2) is 5.82 Å².